The largest absolute Gasteiger partial charge is 0.493 e. The van der Waals surface area contributed by atoms with Crippen molar-refractivity contribution in [1.29, 1.82) is 0 Å². The molecule has 4 rings (SSSR count). The van der Waals surface area contributed by atoms with Crippen LogP contribution in [0.5, 0.6) is 17.2 Å². The number of nitro groups is 1. The highest BCUT2D eigenvalue weighted by atomic mass is 16.6. The van der Waals surface area contributed by atoms with Crippen LogP contribution in [0.2, 0.25) is 0 Å². The molecular formula is C31H30N2O7. The van der Waals surface area contributed by atoms with Crippen LogP contribution in [0.25, 0.3) is 0 Å². The third-order valence-electron chi connectivity index (χ3n) is 6.56. The molecule has 0 aliphatic rings. The van der Waals surface area contributed by atoms with Gasteiger partial charge < -0.3 is 18.9 Å². The Kier molecular flexibility index (Phi) is 8.98. The molecule has 1 atom stereocenters. The van der Waals surface area contributed by atoms with Gasteiger partial charge in [0.15, 0.2) is 11.5 Å². The van der Waals surface area contributed by atoms with Gasteiger partial charge in [-0.25, -0.2) is 0 Å². The van der Waals surface area contributed by atoms with Crippen molar-refractivity contribution in [3.63, 3.8) is 0 Å². The predicted molar refractivity (Wildman–Crippen MR) is 150 cm³/mol. The monoisotopic (exact) mass is 542 g/mol. The Morgan fingerprint density at radius 2 is 1.23 bits per heavy atom. The first kappa shape index (κ1) is 28.1. The van der Waals surface area contributed by atoms with E-state index in [2.05, 4.69) is 5.32 Å². The summed E-state index contributed by atoms with van der Waals surface area (Å²) in [5, 5.41) is 15.3. The van der Waals surface area contributed by atoms with Gasteiger partial charge >= 0.3 is 11.7 Å². The lowest BCUT2D eigenvalue weighted by Gasteiger charge is -2.39. The lowest BCUT2D eigenvalue weighted by atomic mass is 9.76. The van der Waals surface area contributed by atoms with Crippen molar-refractivity contribution in [2.24, 2.45) is 0 Å². The number of hydrogen-bond donors (Lipinski definition) is 1. The highest BCUT2D eigenvalue weighted by molar-refractivity contribution is 5.76. The molecular weight excluding hydrogens is 512 g/mol. The number of esters is 1. The minimum Gasteiger partial charge on any atom is -0.493 e. The van der Waals surface area contributed by atoms with Crippen LogP contribution < -0.4 is 19.5 Å². The third-order valence-corrected chi connectivity index (χ3v) is 6.56. The summed E-state index contributed by atoms with van der Waals surface area (Å²) in [7, 11) is 4.08. The predicted octanol–water partition coefficient (Wildman–Crippen LogP) is 5.11. The number of rotatable bonds is 12. The average molecular weight is 543 g/mol. The van der Waals surface area contributed by atoms with Crippen molar-refractivity contribution >= 4 is 11.7 Å². The molecule has 4 aromatic rings. The van der Waals surface area contributed by atoms with E-state index in [1.807, 2.05) is 91.0 Å². The Balaban J connectivity index is 1.82. The molecule has 0 aliphatic heterocycles. The fourth-order valence-corrected chi connectivity index (χ4v) is 4.67. The number of hydrogen-bond acceptors (Lipinski definition) is 8. The quantitative estimate of drug-likeness (QED) is 0.114. The smallest absolute Gasteiger partial charge is 0.326 e. The molecule has 40 heavy (non-hydrogen) atoms. The van der Waals surface area contributed by atoms with Crippen LogP contribution in [0.4, 0.5) is 5.69 Å². The Bertz CT molecular complexity index is 1330. The lowest BCUT2D eigenvalue weighted by Crippen LogP contribution is -2.55. The van der Waals surface area contributed by atoms with E-state index in [0.29, 0.717) is 0 Å². The highest BCUT2D eigenvalue weighted by Crippen LogP contribution is 2.40. The van der Waals surface area contributed by atoms with Gasteiger partial charge in [0, 0.05) is 6.07 Å². The number of nitro benzene ring substituents is 1. The normalized spacial score (nSPS) is 11.8. The zero-order chi connectivity index (χ0) is 28.5. The van der Waals surface area contributed by atoms with Crippen LogP contribution >= 0.6 is 0 Å². The second kappa shape index (κ2) is 12.8. The molecule has 0 saturated heterocycles. The van der Waals surface area contributed by atoms with E-state index >= 15 is 0 Å². The summed E-state index contributed by atoms with van der Waals surface area (Å²) in [5.74, 6) is -0.253. The zero-order valence-electron chi connectivity index (χ0n) is 22.4. The maximum absolute atomic E-state index is 13.2. The number of carbonyl (C=O) groups is 1. The minimum absolute atomic E-state index is 0.0805. The maximum atomic E-state index is 13.2. The SMILES string of the molecule is COC(=O)[C@H](COc1cc(OC)c(OC)cc1[N+](=O)[O-])NC(c1ccccc1)(c1ccccc1)c1ccccc1. The molecule has 1 N–H and O–H groups in total. The number of carbonyl (C=O) groups excluding carboxylic acids is 1. The summed E-state index contributed by atoms with van der Waals surface area (Å²) in [4.78, 5) is 24.5. The third kappa shape index (κ3) is 5.74. The van der Waals surface area contributed by atoms with Gasteiger partial charge in [-0.05, 0) is 16.7 Å². The van der Waals surface area contributed by atoms with Gasteiger partial charge in [-0.15, -0.1) is 0 Å². The summed E-state index contributed by atoms with van der Waals surface area (Å²) in [6, 6.07) is 30.7. The molecule has 0 aliphatic carbocycles. The molecule has 0 radical (unpaired) electrons. The topological polar surface area (TPSA) is 109 Å². The number of ether oxygens (including phenoxy) is 4. The Hall–Kier alpha value is -4.89. The molecule has 0 heterocycles. The van der Waals surface area contributed by atoms with Crippen LogP contribution in [0, 0.1) is 10.1 Å². The first-order valence-electron chi connectivity index (χ1n) is 12.5. The molecule has 9 nitrogen and oxygen atoms in total. The van der Waals surface area contributed by atoms with E-state index in [1.54, 1.807) is 0 Å². The Labute approximate surface area is 232 Å². The standard InChI is InChI=1S/C31H30N2O7/c1-37-28-19-26(33(35)36)27(20-29(28)38-2)40-21-25(30(34)39-3)32-31(22-13-7-4-8-14-22,23-15-9-5-10-16-23)24-17-11-6-12-18-24/h4-20,25,32H,21H2,1-3H3/t25-/m0/s1. The first-order valence-corrected chi connectivity index (χ1v) is 12.5. The van der Waals surface area contributed by atoms with Crippen molar-refractivity contribution in [2.75, 3.05) is 27.9 Å². The molecule has 0 spiro atoms. The van der Waals surface area contributed by atoms with E-state index in [9.17, 15) is 14.9 Å². The molecule has 0 unspecified atom stereocenters. The second-order valence-electron chi connectivity index (χ2n) is 8.81. The summed E-state index contributed by atoms with van der Waals surface area (Å²) in [6.07, 6.45) is 0. The average Bonchev–Trinajstić information content (AvgIpc) is 3.01. The fourth-order valence-electron chi connectivity index (χ4n) is 4.67. The molecule has 206 valence electrons. The van der Waals surface area contributed by atoms with E-state index in [-0.39, 0.29) is 29.5 Å². The molecule has 0 fully saturated rings. The van der Waals surface area contributed by atoms with Crippen molar-refractivity contribution in [3.8, 4) is 17.2 Å². The first-order chi connectivity index (χ1) is 19.4. The van der Waals surface area contributed by atoms with Gasteiger partial charge in [0.25, 0.3) is 0 Å². The van der Waals surface area contributed by atoms with Crippen LogP contribution in [0.3, 0.4) is 0 Å². The number of nitrogens with zero attached hydrogens (tertiary/aromatic N) is 1. The van der Waals surface area contributed by atoms with Crippen LogP contribution in [-0.2, 0) is 15.1 Å². The Morgan fingerprint density at radius 3 is 1.62 bits per heavy atom. The molecule has 9 heteroatoms. The van der Waals surface area contributed by atoms with Crippen molar-refractivity contribution < 1.29 is 28.7 Å². The second-order valence-corrected chi connectivity index (χ2v) is 8.81. The number of nitrogens with one attached hydrogen (secondary N) is 1. The molecule has 0 saturated carbocycles. The summed E-state index contributed by atoms with van der Waals surface area (Å²) < 4.78 is 21.6. The lowest BCUT2D eigenvalue weighted by molar-refractivity contribution is -0.386. The fraction of sp³-hybridized carbons (Fsp3) is 0.194. The summed E-state index contributed by atoms with van der Waals surface area (Å²) >= 11 is 0. The van der Waals surface area contributed by atoms with Crippen LogP contribution in [0.15, 0.2) is 103 Å². The molecule has 0 bridgehead atoms. The number of methoxy groups -OCH3 is 3. The van der Waals surface area contributed by atoms with Crippen molar-refractivity contribution in [2.45, 2.75) is 11.6 Å². The van der Waals surface area contributed by atoms with Gasteiger partial charge in [-0.3, -0.25) is 20.2 Å². The van der Waals surface area contributed by atoms with E-state index in [1.165, 1.54) is 33.5 Å². The number of benzene rings is 4. The van der Waals surface area contributed by atoms with E-state index in [0.717, 1.165) is 16.7 Å². The van der Waals surface area contributed by atoms with Crippen molar-refractivity contribution in [1.82, 2.24) is 5.32 Å². The molecule has 0 amide bonds. The van der Waals surface area contributed by atoms with Gasteiger partial charge in [-0.1, -0.05) is 91.0 Å². The summed E-state index contributed by atoms with van der Waals surface area (Å²) in [5.41, 5.74) is 1.28. The van der Waals surface area contributed by atoms with Gasteiger partial charge in [0.05, 0.1) is 37.9 Å². The molecule has 4 aromatic carbocycles. The molecule has 0 aromatic heterocycles. The maximum Gasteiger partial charge on any atom is 0.326 e. The van der Waals surface area contributed by atoms with Crippen molar-refractivity contribution in [3.05, 3.63) is 130 Å². The Morgan fingerprint density at radius 1 is 0.775 bits per heavy atom. The van der Waals surface area contributed by atoms with Crippen LogP contribution in [-0.4, -0.2) is 44.9 Å². The van der Waals surface area contributed by atoms with Crippen LogP contribution in [0.1, 0.15) is 16.7 Å². The van der Waals surface area contributed by atoms with Gasteiger partial charge in [0.1, 0.15) is 12.6 Å². The van der Waals surface area contributed by atoms with Gasteiger partial charge in [-0.2, -0.15) is 0 Å². The zero-order valence-corrected chi connectivity index (χ0v) is 22.4. The minimum atomic E-state index is -1.04. The summed E-state index contributed by atoms with van der Waals surface area (Å²) in [6.45, 7) is -0.281. The van der Waals surface area contributed by atoms with Gasteiger partial charge in [0.2, 0.25) is 5.75 Å². The van der Waals surface area contributed by atoms with E-state index in [4.69, 9.17) is 18.9 Å². The highest BCUT2D eigenvalue weighted by Gasteiger charge is 2.40. The van der Waals surface area contributed by atoms with E-state index < -0.39 is 22.5 Å².